The van der Waals surface area contributed by atoms with Gasteiger partial charge in [-0.1, -0.05) is 41.6 Å². The smallest absolute Gasteiger partial charge is 0.176 e. The Hall–Kier alpha value is -2.40. The third-order valence-electron chi connectivity index (χ3n) is 2.72. The molecule has 0 bridgehead atoms. The average molecular weight is 269 g/mol. The van der Waals surface area contributed by atoms with E-state index in [9.17, 15) is 0 Å². The number of nitrogens with one attached hydrogen (secondary N) is 2. The fourth-order valence-corrected chi connectivity index (χ4v) is 2.10. The van der Waals surface area contributed by atoms with Crippen molar-refractivity contribution in [2.75, 3.05) is 10.6 Å². The van der Waals surface area contributed by atoms with Crippen molar-refractivity contribution < 1.29 is 4.52 Å². The molecule has 1 aromatic heterocycles. The largest absolute Gasteiger partial charge is 0.363 e. The number of aromatic nitrogens is 1. The molecule has 2 aromatic carbocycles. The number of hydrogen-bond acceptors (Lipinski definition) is 3. The molecular formula is C14H11N3OS. The van der Waals surface area contributed by atoms with Gasteiger partial charge in [0.15, 0.2) is 10.9 Å². The molecule has 0 saturated heterocycles. The fourth-order valence-electron chi connectivity index (χ4n) is 1.88. The molecule has 0 aliphatic carbocycles. The van der Waals surface area contributed by atoms with E-state index < -0.39 is 0 Å². The Morgan fingerprint density at radius 2 is 1.84 bits per heavy atom. The summed E-state index contributed by atoms with van der Waals surface area (Å²) in [5.41, 5.74) is 0.957. The Morgan fingerprint density at radius 3 is 2.68 bits per heavy atom. The topological polar surface area (TPSA) is 50.1 Å². The highest BCUT2D eigenvalue weighted by Gasteiger charge is 2.04. The summed E-state index contributed by atoms with van der Waals surface area (Å²) in [5.74, 6) is 0.581. The van der Waals surface area contributed by atoms with Crippen LogP contribution < -0.4 is 10.6 Å². The Bertz CT molecular complexity index is 704. The number of anilines is 2. The Labute approximate surface area is 115 Å². The first kappa shape index (κ1) is 11.7. The van der Waals surface area contributed by atoms with Gasteiger partial charge in [0.2, 0.25) is 0 Å². The molecule has 0 saturated carbocycles. The van der Waals surface area contributed by atoms with Crippen molar-refractivity contribution in [3.63, 3.8) is 0 Å². The zero-order chi connectivity index (χ0) is 13.1. The van der Waals surface area contributed by atoms with Crippen LogP contribution in [0.15, 0.2) is 59.3 Å². The molecule has 0 atom stereocenters. The van der Waals surface area contributed by atoms with Crippen molar-refractivity contribution in [1.29, 1.82) is 0 Å². The number of fused-ring (bicyclic) bond motifs is 1. The fraction of sp³-hybridized carbons (Fsp3) is 0. The van der Waals surface area contributed by atoms with E-state index in [1.54, 1.807) is 6.07 Å². The molecule has 0 radical (unpaired) electrons. The maximum absolute atomic E-state index is 5.24. The lowest BCUT2D eigenvalue weighted by atomic mass is 10.1. The van der Waals surface area contributed by atoms with Crippen LogP contribution in [-0.2, 0) is 0 Å². The Balaban J connectivity index is 1.83. The van der Waals surface area contributed by atoms with E-state index in [-0.39, 0.29) is 0 Å². The maximum Gasteiger partial charge on any atom is 0.176 e. The summed E-state index contributed by atoms with van der Waals surface area (Å²) in [6.45, 7) is 0. The Kier molecular flexibility index (Phi) is 3.12. The van der Waals surface area contributed by atoms with Crippen LogP contribution in [0.4, 0.5) is 11.5 Å². The quantitative estimate of drug-likeness (QED) is 0.696. The highest BCUT2D eigenvalue weighted by molar-refractivity contribution is 7.80. The monoisotopic (exact) mass is 269 g/mol. The highest BCUT2D eigenvalue weighted by Crippen LogP contribution is 2.23. The van der Waals surface area contributed by atoms with Crippen molar-refractivity contribution in [3.8, 4) is 0 Å². The van der Waals surface area contributed by atoms with Crippen LogP contribution in [0.2, 0.25) is 0 Å². The molecule has 19 heavy (non-hydrogen) atoms. The van der Waals surface area contributed by atoms with E-state index in [2.05, 4.69) is 34.0 Å². The van der Waals surface area contributed by atoms with Gasteiger partial charge in [0.05, 0.1) is 0 Å². The van der Waals surface area contributed by atoms with Gasteiger partial charge in [0.25, 0.3) is 0 Å². The van der Waals surface area contributed by atoms with E-state index in [4.69, 9.17) is 16.7 Å². The molecule has 0 aliphatic heterocycles. The van der Waals surface area contributed by atoms with Gasteiger partial charge in [-0.25, -0.2) is 0 Å². The van der Waals surface area contributed by atoms with Crippen LogP contribution in [0.25, 0.3) is 10.8 Å². The highest BCUT2D eigenvalue weighted by atomic mass is 32.1. The first-order chi connectivity index (χ1) is 9.33. The van der Waals surface area contributed by atoms with Crippen LogP contribution >= 0.6 is 12.2 Å². The van der Waals surface area contributed by atoms with Crippen LogP contribution in [0.5, 0.6) is 0 Å². The molecule has 0 fully saturated rings. The van der Waals surface area contributed by atoms with Crippen LogP contribution in [0.1, 0.15) is 0 Å². The van der Waals surface area contributed by atoms with Gasteiger partial charge in [-0.3, -0.25) is 0 Å². The van der Waals surface area contributed by atoms with Gasteiger partial charge in [0.1, 0.15) is 6.26 Å². The van der Waals surface area contributed by atoms with Gasteiger partial charge in [-0.2, -0.15) is 0 Å². The predicted molar refractivity (Wildman–Crippen MR) is 80.3 cm³/mol. The average Bonchev–Trinajstić information content (AvgIpc) is 2.92. The van der Waals surface area contributed by atoms with E-state index in [0.717, 1.165) is 16.5 Å². The summed E-state index contributed by atoms with van der Waals surface area (Å²) in [6.07, 6.45) is 1.49. The van der Waals surface area contributed by atoms with Crippen LogP contribution in [0.3, 0.4) is 0 Å². The van der Waals surface area contributed by atoms with Crippen molar-refractivity contribution in [1.82, 2.24) is 5.16 Å². The molecule has 5 heteroatoms. The zero-order valence-corrected chi connectivity index (χ0v) is 10.8. The van der Waals surface area contributed by atoms with E-state index in [0.29, 0.717) is 10.9 Å². The summed E-state index contributed by atoms with van der Waals surface area (Å²) < 4.78 is 4.74. The van der Waals surface area contributed by atoms with Gasteiger partial charge in [-0.05, 0) is 23.7 Å². The molecule has 3 aromatic rings. The third kappa shape index (κ3) is 2.56. The number of rotatable bonds is 2. The predicted octanol–water partition coefficient (Wildman–Crippen LogP) is 3.64. The van der Waals surface area contributed by atoms with Crippen molar-refractivity contribution in [2.45, 2.75) is 0 Å². The minimum absolute atomic E-state index is 0.477. The SMILES string of the molecule is S=C(Nc1ccon1)Nc1cccc2ccccc12. The molecule has 0 unspecified atom stereocenters. The molecule has 1 heterocycles. The first-order valence-electron chi connectivity index (χ1n) is 5.79. The number of nitrogens with zero attached hydrogens (tertiary/aromatic N) is 1. The third-order valence-corrected chi connectivity index (χ3v) is 2.92. The van der Waals surface area contributed by atoms with Crippen molar-refractivity contribution in [2.24, 2.45) is 0 Å². The maximum atomic E-state index is 5.24. The summed E-state index contributed by atoms with van der Waals surface area (Å²) in [5, 5.41) is 12.6. The molecular weight excluding hydrogens is 258 g/mol. The second-order valence-electron chi connectivity index (χ2n) is 3.99. The summed E-state index contributed by atoms with van der Waals surface area (Å²) in [6, 6.07) is 15.9. The molecule has 0 spiro atoms. The van der Waals surface area contributed by atoms with Crippen LogP contribution in [0, 0.1) is 0 Å². The van der Waals surface area contributed by atoms with Gasteiger partial charge < -0.3 is 15.2 Å². The van der Waals surface area contributed by atoms with Gasteiger partial charge in [-0.15, -0.1) is 0 Å². The van der Waals surface area contributed by atoms with E-state index in [1.165, 1.54) is 6.26 Å². The van der Waals surface area contributed by atoms with E-state index in [1.807, 2.05) is 24.3 Å². The van der Waals surface area contributed by atoms with Gasteiger partial charge >= 0.3 is 0 Å². The minimum atomic E-state index is 0.477. The minimum Gasteiger partial charge on any atom is -0.363 e. The second kappa shape index (κ2) is 5.07. The van der Waals surface area contributed by atoms with E-state index >= 15 is 0 Å². The normalized spacial score (nSPS) is 10.3. The number of hydrogen-bond donors (Lipinski definition) is 2. The summed E-state index contributed by atoms with van der Waals surface area (Å²) >= 11 is 5.24. The molecule has 0 aliphatic rings. The van der Waals surface area contributed by atoms with Crippen molar-refractivity contribution >= 4 is 39.6 Å². The zero-order valence-electron chi connectivity index (χ0n) is 9.96. The Morgan fingerprint density at radius 1 is 1.00 bits per heavy atom. The number of thiocarbonyl (C=S) groups is 1. The lowest BCUT2D eigenvalue weighted by molar-refractivity contribution is 0.423. The second-order valence-corrected chi connectivity index (χ2v) is 4.40. The number of benzene rings is 2. The summed E-state index contributed by atoms with van der Waals surface area (Å²) in [7, 11) is 0. The lowest BCUT2D eigenvalue weighted by Gasteiger charge is -2.10. The lowest BCUT2D eigenvalue weighted by Crippen LogP contribution is -2.19. The molecule has 3 rings (SSSR count). The molecule has 94 valence electrons. The van der Waals surface area contributed by atoms with Gasteiger partial charge in [0, 0.05) is 17.1 Å². The standard InChI is InChI=1S/C14H11N3OS/c19-14(16-13-8-9-18-17-13)15-12-7-3-5-10-4-1-2-6-11(10)12/h1-9H,(H2,15,16,17,19). The van der Waals surface area contributed by atoms with Crippen LogP contribution in [-0.4, -0.2) is 10.3 Å². The van der Waals surface area contributed by atoms with Crippen molar-refractivity contribution in [3.05, 3.63) is 54.8 Å². The molecule has 2 N–H and O–H groups in total. The molecule has 0 amide bonds. The summed E-state index contributed by atoms with van der Waals surface area (Å²) in [4.78, 5) is 0. The molecule has 4 nitrogen and oxygen atoms in total. The first-order valence-corrected chi connectivity index (χ1v) is 6.20.